The molecule has 0 atom stereocenters. The number of para-hydroxylation sites is 1. The van der Waals surface area contributed by atoms with Crippen molar-refractivity contribution in [1.82, 2.24) is 14.8 Å². The number of esters is 1. The Morgan fingerprint density at radius 2 is 1.72 bits per heavy atom. The van der Waals surface area contributed by atoms with E-state index in [1.54, 1.807) is 24.3 Å². The van der Waals surface area contributed by atoms with E-state index in [2.05, 4.69) is 31.4 Å². The number of carbonyl (C=O) groups excluding carboxylic acids is 2. The van der Waals surface area contributed by atoms with E-state index in [-0.39, 0.29) is 18.3 Å². The van der Waals surface area contributed by atoms with Crippen molar-refractivity contribution in [1.29, 1.82) is 0 Å². The Morgan fingerprint density at radius 1 is 1.00 bits per heavy atom. The lowest BCUT2D eigenvalue weighted by atomic mass is 10.2. The zero-order chi connectivity index (χ0) is 25.5. The average Bonchev–Trinajstić information content (AvgIpc) is 3.30. The normalized spacial score (nSPS) is 10.6. The second-order valence-corrected chi connectivity index (χ2v) is 9.53. The molecule has 10 heteroatoms. The minimum atomic E-state index is -0.432. The first kappa shape index (κ1) is 25.5. The Kier molecular flexibility index (Phi) is 8.40. The van der Waals surface area contributed by atoms with Gasteiger partial charge in [0.15, 0.2) is 11.0 Å². The summed E-state index contributed by atoms with van der Waals surface area (Å²) in [5, 5.41) is 12.1. The predicted octanol–water partition coefficient (Wildman–Crippen LogP) is 5.43. The Morgan fingerprint density at radius 3 is 2.42 bits per heavy atom. The standard InChI is InChI=1S/C26H23BrN4O4S/c1-17-5-3-4-6-22(17)31-23(15-35-21-13-9-19(27)10-14-21)29-30-26(31)36-16-24(32)28-20-11-7-18(8-12-20)25(33)34-2/h3-14H,15-16H2,1-2H3,(H,28,32). The average molecular weight is 567 g/mol. The lowest BCUT2D eigenvalue weighted by Gasteiger charge is -2.13. The topological polar surface area (TPSA) is 95.3 Å². The smallest absolute Gasteiger partial charge is 0.337 e. The van der Waals surface area contributed by atoms with Gasteiger partial charge in [-0.05, 0) is 67.1 Å². The van der Waals surface area contributed by atoms with E-state index in [0.29, 0.717) is 28.0 Å². The zero-order valence-corrected chi connectivity index (χ0v) is 22.0. The molecule has 0 unspecified atom stereocenters. The largest absolute Gasteiger partial charge is 0.486 e. The third-order valence-corrected chi connectivity index (χ3v) is 6.62. The van der Waals surface area contributed by atoms with Gasteiger partial charge in [0.2, 0.25) is 5.91 Å². The molecule has 4 aromatic rings. The summed E-state index contributed by atoms with van der Waals surface area (Å²) in [4.78, 5) is 24.2. The van der Waals surface area contributed by atoms with Crippen molar-refractivity contribution in [2.75, 3.05) is 18.2 Å². The molecule has 1 aromatic heterocycles. The van der Waals surface area contributed by atoms with Gasteiger partial charge in [-0.2, -0.15) is 0 Å². The number of nitrogens with zero attached hydrogens (tertiary/aromatic N) is 3. The van der Waals surface area contributed by atoms with Gasteiger partial charge in [0.05, 0.1) is 24.1 Å². The SMILES string of the molecule is COC(=O)c1ccc(NC(=O)CSc2nnc(COc3ccc(Br)cc3)n2-c2ccccc2C)cc1. The van der Waals surface area contributed by atoms with E-state index in [4.69, 9.17) is 9.47 Å². The highest BCUT2D eigenvalue weighted by atomic mass is 79.9. The van der Waals surface area contributed by atoms with Gasteiger partial charge in [0.25, 0.3) is 0 Å². The monoisotopic (exact) mass is 566 g/mol. The number of aromatic nitrogens is 3. The fraction of sp³-hybridized carbons (Fsp3) is 0.154. The predicted molar refractivity (Wildman–Crippen MR) is 142 cm³/mol. The van der Waals surface area contributed by atoms with Crippen LogP contribution in [0, 0.1) is 6.92 Å². The van der Waals surface area contributed by atoms with E-state index in [1.165, 1.54) is 18.9 Å². The lowest BCUT2D eigenvalue weighted by Crippen LogP contribution is -2.15. The number of nitrogens with one attached hydrogen (secondary N) is 1. The molecule has 0 aliphatic carbocycles. The van der Waals surface area contributed by atoms with Crippen LogP contribution in [0.5, 0.6) is 5.75 Å². The van der Waals surface area contributed by atoms with Crippen molar-refractivity contribution >= 4 is 45.3 Å². The molecule has 0 saturated heterocycles. The molecule has 0 bridgehead atoms. The number of amides is 1. The number of anilines is 1. The van der Waals surface area contributed by atoms with Crippen LogP contribution in [-0.2, 0) is 16.1 Å². The lowest BCUT2D eigenvalue weighted by molar-refractivity contribution is -0.113. The molecule has 0 aliphatic rings. The van der Waals surface area contributed by atoms with Gasteiger partial charge in [-0.25, -0.2) is 4.79 Å². The van der Waals surface area contributed by atoms with E-state index >= 15 is 0 Å². The fourth-order valence-corrected chi connectivity index (χ4v) is 4.39. The summed E-state index contributed by atoms with van der Waals surface area (Å²) in [7, 11) is 1.32. The van der Waals surface area contributed by atoms with Crippen LogP contribution in [-0.4, -0.2) is 39.5 Å². The summed E-state index contributed by atoms with van der Waals surface area (Å²) in [6.45, 7) is 2.22. The number of rotatable bonds is 9. The molecule has 1 heterocycles. The van der Waals surface area contributed by atoms with Crippen LogP contribution in [0.1, 0.15) is 21.7 Å². The number of methoxy groups -OCH3 is 1. The molecule has 0 fully saturated rings. The van der Waals surface area contributed by atoms with E-state index < -0.39 is 5.97 Å². The van der Waals surface area contributed by atoms with Crippen molar-refractivity contribution in [3.8, 4) is 11.4 Å². The molecule has 1 amide bonds. The number of halogens is 1. The van der Waals surface area contributed by atoms with Crippen LogP contribution in [0.2, 0.25) is 0 Å². The van der Waals surface area contributed by atoms with E-state index in [9.17, 15) is 9.59 Å². The molecule has 0 radical (unpaired) electrons. The van der Waals surface area contributed by atoms with Gasteiger partial charge >= 0.3 is 5.97 Å². The first-order valence-electron chi connectivity index (χ1n) is 10.9. The highest BCUT2D eigenvalue weighted by Crippen LogP contribution is 2.26. The third-order valence-electron chi connectivity index (χ3n) is 5.16. The van der Waals surface area contributed by atoms with E-state index in [0.717, 1.165) is 15.7 Å². The summed E-state index contributed by atoms with van der Waals surface area (Å²) in [5.74, 6) is 0.811. The summed E-state index contributed by atoms with van der Waals surface area (Å²) >= 11 is 4.70. The molecule has 0 aliphatic heterocycles. The molecule has 8 nitrogen and oxygen atoms in total. The van der Waals surface area contributed by atoms with Gasteiger partial charge in [-0.15, -0.1) is 10.2 Å². The number of aryl methyl sites for hydroxylation is 1. The van der Waals surface area contributed by atoms with Crippen LogP contribution in [0.4, 0.5) is 5.69 Å². The quantitative estimate of drug-likeness (QED) is 0.213. The van der Waals surface area contributed by atoms with Gasteiger partial charge in [-0.3, -0.25) is 9.36 Å². The molecular formula is C26H23BrN4O4S. The third kappa shape index (κ3) is 6.32. The van der Waals surface area contributed by atoms with Crippen molar-refractivity contribution in [2.45, 2.75) is 18.7 Å². The van der Waals surface area contributed by atoms with Gasteiger partial charge in [-0.1, -0.05) is 45.9 Å². The molecule has 4 rings (SSSR count). The van der Waals surface area contributed by atoms with Gasteiger partial charge < -0.3 is 14.8 Å². The fourth-order valence-electron chi connectivity index (χ4n) is 3.36. The summed E-state index contributed by atoms with van der Waals surface area (Å²) in [6.07, 6.45) is 0. The number of benzene rings is 3. The van der Waals surface area contributed by atoms with Crippen LogP contribution >= 0.6 is 27.7 Å². The van der Waals surface area contributed by atoms with Crippen LogP contribution in [0.3, 0.4) is 0 Å². The van der Waals surface area contributed by atoms with Crippen molar-refractivity contribution in [2.24, 2.45) is 0 Å². The van der Waals surface area contributed by atoms with Crippen LogP contribution in [0.25, 0.3) is 5.69 Å². The Bertz CT molecular complexity index is 1360. The molecule has 1 N–H and O–H groups in total. The second kappa shape index (κ2) is 11.9. The van der Waals surface area contributed by atoms with Crippen molar-refractivity contribution in [3.05, 3.63) is 94.2 Å². The molecular weight excluding hydrogens is 544 g/mol. The zero-order valence-electron chi connectivity index (χ0n) is 19.6. The highest BCUT2D eigenvalue weighted by Gasteiger charge is 2.18. The highest BCUT2D eigenvalue weighted by molar-refractivity contribution is 9.10. The number of hydrogen-bond acceptors (Lipinski definition) is 7. The van der Waals surface area contributed by atoms with E-state index in [1.807, 2.05) is 60.0 Å². The van der Waals surface area contributed by atoms with Crippen LogP contribution in [0.15, 0.2) is 82.4 Å². The number of hydrogen-bond donors (Lipinski definition) is 1. The Hall–Kier alpha value is -3.63. The molecule has 184 valence electrons. The number of thioether (sulfide) groups is 1. The summed E-state index contributed by atoms with van der Waals surface area (Å²) < 4.78 is 13.5. The molecule has 0 spiro atoms. The maximum absolute atomic E-state index is 12.6. The summed E-state index contributed by atoms with van der Waals surface area (Å²) in [6, 6.07) is 22.0. The number of carbonyl (C=O) groups is 2. The first-order chi connectivity index (χ1) is 17.4. The number of ether oxygens (including phenoxy) is 2. The van der Waals surface area contributed by atoms with Gasteiger partial charge in [0, 0.05) is 10.2 Å². The molecule has 0 saturated carbocycles. The molecule has 3 aromatic carbocycles. The Balaban J connectivity index is 1.48. The maximum Gasteiger partial charge on any atom is 0.337 e. The first-order valence-corrected chi connectivity index (χ1v) is 12.7. The minimum Gasteiger partial charge on any atom is -0.486 e. The van der Waals surface area contributed by atoms with Crippen molar-refractivity contribution in [3.63, 3.8) is 0 Å². The minimum absolute atomic E-state index is 0.121. The molecule has 36 heavy (non-hydrogen) atoms. The van der Waals surface area contributed by atoms with Crippen molar-refractivity contribution < 1.29 is 19.1 Å². The van der Waals surface area contributed by atoms with Gasteiger partial charge in [0.1, 0.15) is 12.4 Å². The van der Waals surface area contributed by atoms with Crippen LogP contribution < -0.4 is 10.1 Å². The second-order valence-electron chi connectivity index (χ2n) is 7.67. The maximum atomic E-state index is 12.6. The summed E-state index contributed by atoms with van der Waals surface area (Å²) in [5.41, 5.74) is 2.95. The Labute approximate surface area is 221 Å².